The fourth-order valence-electron chi connectivity index (χ4n) is 5.10. The van der Waals surface area contributed by atoms with E-state index in [0.717, 1.165) is 23.1 Å². The second kappa shape index (κ2) is 12.2. The molecule has 1 atom stereocenters. The largest absolute Gasteiger partial charge is 0.385 e. The molecule has 0 saturated heterocycles. The van der Waals surface area contributed by atoms with Crippen LogP contribution in [0.3, 0.4) is 0 Å². The first-order valence-corrected chi connectivity index (χ1v) is 13.9. The third-order valence-electron chi connectivity index (χ3n) is 7.03. The first-order chi connectivity index (χ1) is 18.7. The van der Waals surface area contributed by atoms with Gasteiger partial charge in [-0.1, -0.05) is 72.8 Å². The topological polar surface area (TPSA) is 49.9 Å². The van der Waals surface area contributed by atoms with E-state index in [4.69, 9.17) is 4.74 Å². The number of fused-ring (bicyclic) bond motifs is 1. The molecule has 1 aliphatic rings. The second-order valence-corrected chi connectivity index (χ2v) is 10.5. The lowest BCUT2D eigenvalue weighted by Gasteiger charge is -2.37. The van der Waals surface area contributed by atoms with Crippen LogP contribution in [0, 0.1) is 0 Å². The van der Waals surface area contributed by atoms with Gasteiger partial charge in [-0.05, 0) is 58.7 Å². The molecule has 0 radical (unpaired) electrons. The van der Waals surface area contributed by atoms with Gasteiger partial charge in [-0.25, -0.2) is 0 Å². The fraction of sp³-hybridized carbons (Fsp3) is 0.250. The maximum absolute atomic E-state index is 13.8. The fourth-order valence-corrected chi connectivity index (χ4v) is 6.01. The van der Waals surface area contributed by atoms with Crippen molar-refractivity contribution in [2.75, 3.05) is 33.4 Å². The number of hydrogen-bond acceptors (Lipinski definition) is 4. The highest BCUT2D eigenvalue weighted by Gasteiger charge is 2.34. The van der Waals surface area contributed by atoms with Gasteiger partial charge >= 0.3 is 0 Å². The van der Waals surface area contributed by atoms with Crippen molar-refractivity contribution < 1.29 is 14.3 Å². The van der Waals surface area contributed by atoms with Crippen LogP contribution < -0.4 is 0 Å². The third kappa shape index (κ3) is 5.72. The zero-order valence-corrected chi connectivity index (χ0v) is 22.4. The Labute approximate surface area is 228 Å². The average molecular weight is 525 g/mol. The summed E-state index contributed by atoms with van der Waals surface area (Å²) in [7, 11) is 1.65. The molecule has 194 valence electrons. The number of carbonyl (C=O) groups is 2. The Hall–Kier alpha value is -3.74. The second-order valence-electron chi connectivity index (χ2n) is 9.47. The summed E-state index contributed by atoms with van der Waals surface area (Å²) in [5.41, 5.74) is 5.01. The third-order valence-corrected chi connectivity index (χ3v) is 8.03. The SMILES string of the molecule is COCCCN(CC(=O)N1CCc2sccc2C1c1ccccc1)C(=O)c1ccc(-c2ccccc2)cc1. The van der Waals surface area contributed by atoms with E-state index < -0.39 is 0 Å². The van der Waals surface area contributed by atoms with Crippen molar-refractivity contribution in [3.63, 3.8) is 0 Å². The van der Waals surface area contributed by atoms with Crippen LogP contribution in [0.2, 0.25) is 0 Å². The van der Waals surface area contributed by atoms with E-state index >= 15 is 0 Å². The molecule has 1 aliphatic heterocycles. The van der Waals surface area contributed by atoms with Crippen LogP contribution in [0.1, 0.15) is 38.8 Å². The minimum atomic E-state index is -0.140. The summed E-state index contributed by atoms with van der Waals surface area (Å²) < 4.78 is 5.24. The Bertz CT molecular complexity index is 1350. The Kier molecular flexibility index (Phi) is 8.31. The van der Waals surface area contributed by atoms with E-state index in [-0.39, 0.29) is 24.4 Å². The van der Waals surface area contributed by atoms with Crippen LogP contribution in [-0.4, -0.2) is 55.0 Å². The lowest BCUT2D eigenvalue weighted by atomic mass is 9.93. The molecule has 6 heteroatoms. The van der Waals surface area contributed by atoms with Gasteiger partial charge in [0, 0.05) is 37.2 Å². The van der Waals surface area contributed by atoms with Gasteiger partial charge in [0.1, 0.15) is 6.54 Å². The van der Waals surface area contributed by atoms with E-state index in [1.54, 1.807) is 23.3 Å². The number of carbonyl (C=O) groups excluding carboxylic acids is 2. The highest BCUT2D eigenvalue weighted by molar-refractivity contribution is 7.10. The van der Waals surface area contributed by atoms with Crippen LogP contribution in [0.25, 0.3) is 11.1 Å². The molecule has 0 saturated carbocycles. The molecule has 5 nitrogen and oxygen atoms in total. The summed E-state index contributed by atoms with van der Waals surface area (Å²) in [6.07, 6.45) is 1.50. The molecule has 0 aliphatic carbocycles. The summed E-state index contributed by atoms with van der Waals surface area (Å²) in [5.74, 6) is -0.180. The number of methoxy groups -OCH3 is 1. The van der Waals surface area contributed by atoms with E-state index in [1.807, 2.05) is 77.7 Å². The van der Waals surface area contributed by atoms with Gasteiger partial charge < -0.3 is 14.5 Å². The summed E-state index contributed by atoms with van der Waals surface area (Å²) in [5, 5.41) is 2.11. The van der Waals surface area contributed by atoms with E-state index in [2.05, 4.69) is 23.6 Å². The monoisotopic (exact) mass is 524 g/mol. The highest BCUT2D eigenvalue weighted by atomic mass is 32.1. The summed E-state index contributed by atoms with van der Waals surface area (Å²) in [6, 6.07) is 29.9. The van der Waals surface area contributed by atoms with Gasteiger partial charge in [0.2, 0.25) is 5.91 Å². The molecule has 2 amide bonds. The molecule has 38 heavy (non-hydrogen) atoms. The van der Waals surface area contributed by atoms with Crippen LogP contribution >= 0.6 is 11.3 Å². The van der Waals surface area contributed by atoms with E-state index in [0.29, 0.717) is 31.7 Å². The van der Waals surface area contributed by atoms with Crippen LogP contribution in [0.5, 0.6) is 0 Å². The van der Waals surface area contributed by atoms with E-state index in [9.17, 15) is 9.59 Å². The number of ether oxygens (including phenoxy) is 1. The quantitative estimate of drug-likeness (QED) is 0.250. The Morgan fingerprint density at radius 2 is 1.61 bits per heavy atom. The van der Waals surface area contributed by atoms with Crippen LogP contribution in [0.4, 0.5) is 0 Å². The first kappa shape index (κ1) is 25.9. The maximum Gasteiger partial charge on any atom is 0.254 e. The van der Waals surface area contributed by atoms with E-state index in [1.165, 1.54) is 10.4 Å². The molecule has 0 bridgehead atoms. The number of thiophene rings is 1. The maximum atomic E-state index is 13.8. The van der Waals surface area contributed by atoms with Gasteiger partial charge in [-0.2, -0.15) is 0 Å². The molecule has 0 N–H and O–H groups in total. The van der Waals surface area contributed by atoms with Crippen LogP contribution in [-0.2, 0) is 16.0 Å². The number of hydrogen-bond donors (Lipinski definition) is 0. The minimum Gasteiger partial charge on any atom is -0.385 e. The molecular weight excluding hydrogens is 492 g/mol. The number of amides is 2. The normalized spacial score (nSPS) is 14.7. The molecule has 4 aromatic rings. The van der Waals surface area contributed by atoms with Crippen molar-refractivity contribution in [1.29, 1.82) is 0 Å². The van der Waals surface area contributed by atoms with Crippen molar-refractivity contribution in [1.82, 2.24) is 9.80 Å². The zero-order valence-electron chi connectivity index (χ0n) is 21.6. The van der Waals surface area contributed by atoms with Gasteiger partial charge in [0.25, 0.3) is 5.91 Å². The molecular formula is C32H32N2O3S. The molecule has 1 aromatic heterocycles. The number of nitrogens with zero attached hydrogens (tertiary/aromatic N) is 2. The van der Waals surface area contributed by atoms with Crippen molar-refractivity contribution in [3.05, 3.63) is 118 Å². The van der Waals surface area contributed by atoms with Gasteiger partial charge in [-0.3, -0.25) is 9.59 Å². The van der Waals surface area contributed by atoms with Crippen molar-refractivity contribution in [2.45, 2.75) is 18.9 Å². The Morgan fingerprint density at radius 1 is 0.921 bits per heavy atom. The molecule has 3 aromatic carbocycles. The minimum absolute atomic E-state index is 0.0335. The van der Waals surface area contributed by atoms with Gasteiger partial charge in [0.05, 0.1) is 6.04 Å². The van der Waals surface area contributed by atoms with Gasteiger partial charge in [-0.15, -0.1) is 11.3 Å². The summed E-state index contributed by atoms with van der Waals surface area (Å²) in [4.78, 5) is 32.4. The first-order valence-electron chi connectivity index (χ1n) is 13.0. The predicted molar refractivity (Wildman–Crippen MR) is 152 cm³/mol. The lowest BCUT2D eigenvalue weighted by molar-refractivity contribution is -0.134. The molecule has 2 heterocycles. The Balaban J connectivity index is 1.37. The van der Waals surface area contributed by atoms with Crippen LogP contribution in [0.15, 0.2) is 96.4 Å². The summed E-state index contributed by atoms with van der Waals surface area (Å²) >= 11 is 1.75. The van der Waals surface area contributed by atoms with Crippen molar-refractivity contribution in [2.24, 2.45) is 0 Å². The smallest absolute Gasteiger partial charge is 0.254 e. The lowest BCUT2D eigenvalue weighted by Crippen LogP contribution is -2.47. The Morgan fingerprint density at radius 3 is 2.32 bits per heavy atom. The molecule has 0 spiro atoms. The zero-order chi connectivity index (χ0) is 26.3. The highest BCUT2D eigenvalue weighted by Crippen LogP contribution is 2.37. The van der Waals surface area contributed by atoms with Crippen molar-refractivity contribution in [3.8, 4) is 11.1 Å². The molecule has 5 rings (SSSR count). The van der Waals surface area contributed by atoms with Gasteiger partial charge in [0.15, 0.2) is 0 Å². The van der Waals surface area contributed by atoms with Crippen molar-refractivity contribution >= 4 is 23.2 Å². The molecule has 1 unspecified atom stereocenters. The summed E-state index contributed by atoms with van der Waals surface area (Å²) in [6.45, 7) is 1.65. The number of benzene rings is 3. The molecule has 0 fully saturated rings. The number of rotatable bonds is 9. The predicted octanol–water partition coefficient (Wildman–Crippen LogP) is 6.07. The standard InChI is InChI=1S/C32H32N2O3S/c1-37-21-8-19-33(32(36)27-15-13-25(14-16-27)24-9-4-2-5-10-24)23-30(35)34-20-17-29-28(18-22-38-29)31(34)26-11-6-3-7-12-26/h2-7,9-16,18,22,31H,8,17,19-21,23H2,1H3. The average Bonchev–Trinajstić information content (AvgIpc) is 3.46.